The molecule has 0 radical (unpaired) electrons. The van der Waals surface area contributed by atoms with Gasteiger partial charge in [-0.1, -0.05) is 17.7 Å². The molecule has 0 fully saturated rings. The number of anilines is 1. The molecular weight excluding hydrogens is 282 g/mol. The molecule has 1 aromatic heterocycles. The Morgan fingerprint density at radius 3 is 3.05 bits per heavy atom. The van der Waals surface area contributed by atoms with Crippen molar-refractivity contribution in [2.75, 3.05) is 18.5 Å². The molecule has 0 saturated heterocycles. The van der Waals surface area contributed by atoms with Crippen LogP contribution in [0.2, 0.25) is 4.34 Å². The number of rotatable bonds is 3. The zero-order chi connectivity index (χ0) is 13.2. The molecule has 0 unspecified atom stereocenters. The summed E-state index contributed by atoms with van der Waals surface area (Å²) >= 11 is 7.31. The highest BCUT2D eigenvalue weighted by molar-refractivity contribution is 7.16. The Hall–Kier alpha value is -1.52. The molecule has 0 bridgehead atoms. The van der Waals surface area contributed by atoms with Crippen LogP contribution >= 0.6 is 22.9 Å². The number of para-hydroxylation sites is 1. The van der Waals surface area contributed by atoms with Crippen LogP contribution in [0, 0.1) is 0 Å². The van der Waals surface area contributed by atoms with Crippen LogP contribution in [0.3, 0.4) is 0 Å². The highest BCUT2D eigenvalue weighted by Crippen LogP contribution is 2.32. The molecule has 3 nitrogen and oxygen atoms in total. The van der Waals surface area contributed by atoms with Gasteiger partial charge < -0.3 is 10.1 Å². The van der Waals surface area contributed by atoms with Gasteiger partial charge in [0.2, 0.25) is 0 Å². The van der Waals surface area contributed by atoms with Crippen LogP contribution in [-0.2, 0) is 6.42 Å². The fourth-order valence-corrected chi connectivity index (χ4v) is 3.18. The third-order valence-electron chi connectivity index (χ3n) is 2.94. The monoisotopic (exact) mass is 293 g/mol. The van der Waals surface area contributed by atoms with E-state index in [-0.39, 0.29) is 5.78 Å². The van der Waals surface area contributed by atoms with E-state index in [4.69, 9.17) is 16.3 Å². The molecule has 1 N–H and O–H groups in total. The molecule has 2 aromatic rings. The van der Waals surface area contributed by atoms with Crippen molar-refractivity contribution in [3.63, 3.8) is 0 Å². The lowest BCUT2D eigenvalue weighted by molar-refractivity contribution is 0.0990. The number of halogens is 1. The minimum Gasteiger partial charge on any atom is -0.489 e. The normalized spacial score (nSPS) is 13.3. The van der Waals surface area contributed by atoms with E-state index >= 15 is 0 Å². The largest absolute Gasteiger partial charge is 0.489 e. The maximum Gasteiger partial charge on any atom is 0.171 e. The van der Waals surface area contributed by atoms with Gasteiger partial charge in [0.1, 0.15) is 6.61 Å². The predicted octanol–water partition coefficient (Wildman–Crippen LogP) is 3.63. The topological polar surface area (TPSA) is 38.3 Å². The molecule has 0 atom stereocenters. The lowest BCUT2D eigenvalue weighted by Gasteiger charge is -2.21. The molecule has 19 heavy (non-hydrogen) atoms. The average molecular weight is 294 g/mol. The predicted molar refractivity (Wildman–Crippen MR) is 77.8 cm³/mol. The third kappa shape index (κ3) is 2.60. The van der Waals surface area contributed by atoms with Crippen molar-refractivity contribution in [2.45, 2.75) is 6.42 Å². The first-order valence-electron chi connectivity index (χ1n) is 6.01. The van der Waals surface area contributed by atoms with E-state index in [9.17, 15) is 4.79 Å². The van der Waals surface area contributed by atoms with Crippen LogP contribution in [0.25, 0.3) is 0 Å². The summed E-state index contributed by atoms with van der Waals surface area (Å²) in [5, 5.41) is 3.23. The average Bonchev–Trinajstić information content (AvgIpc) is 2.83. The molecule has 0 spiro atoms. The highest BCUT2D eigenvalue weighted by Gasteiger charge is 2.19. The quantitative estimate of drug-likeness (QED) is 0.878. The fourth-order valence-electron chi connectivity index (χ4n) is 2.09. The summed E-state index contributed by atoms with van der Waals surface area (Å²) in [5.74, 6) is 0.723. The van der Waals surface area contributed by atoms with Crippen LogP contribution in [0.4, 0.5) is 5.69 Å². The zero-order valence-electron chi connectivity index (χ0n) is 10.1. The summed E-state index contributed by atoms with van der Waals surface area (Å²) in [6, 6.07) is 9.30. The summed E-state index contributed by atoms with van der Waals surface area (Å²) in [4.78, 5) is 13.3. The van der Waals surface area contributed by atoms with Crippen molar-refractivity contribution in [3.05, 3.63) is 45.1 Å². The van der Waals surface area contributed by atoms with Gasteiger partial charge in [-0.15, -0.1) is 11.3 Å². The minimum absolute atomic E-state index is 0.0547. The van der Waals surface area contributed by atoms with Crippen molar-refractivity contribution in [1.82, 2.24) is 0 Å². The first-order chi connectivity index (χ1) is 9.24. The summed E-state index contributed by atoms with van der Waals surface area (Å²) < 4.78 is 6.32. The van der Waals surface area contributed by atoms with Crippen LogP contribution in [-0.4, -0.2) is 18.9 Å². The number of Topliss-reactive ketones (excluding diaryl/α,β-unsaturated/α-hetero) is 1. The molecule has 98 valence electrons. The number of fused-ring (bicyclic) bond motifs is 1. The van der Waals surface area contributed by atoms with Gasteiger partial charge in [-0.05, 0) is 24.3 Å². The van der Waals surface area contributed by atoms with Crippen molar-refractivity contribution >= 4 is 34.4 Å². The first kappa shape index (κ1) is 12.5. The van der Waals surface area contributed by atoms with Gasteiger partial charge in [-0.25, -0.2) is 0 Å². The van der Waals surface area contributed by atoms with Crippen molar-refractivity contribution in [3.8, 4) is 5.75 Å². The van der Waals surface area contributed by atoms with Gasteiger partial charge in [-0.2, -0.15) is 0 Å². The van der Waals surface area contributed by atoms with Crippen LogP contribution in [0.1, 0.15) is 15.2 Å². The number of ketones is 1. The SMILES string of the molecule is O=C(Cc1ccc(Cl)s1)c1cccc2c1OCCN2. The number of carbonyl (C=O) groups is 1. The van der Waals surface area contributed by atoms with E-state index in [0.29, 0.717) is 28.7 Å². The van der Waals surface area contributed by atoms with E-state index in [1.165, 1.54) is 11.3 Å². The Labute approximate surface area is 120 Å². The minimum atomic E-state index is 0.0547. The van der Waals surface area contributed by atoms with Crippen molar-refractivity contribution < 1.29 is 9.53 Å². The number of nitrogens with one attached hydrogen (secondary N) is 1. The maximum atomic E-state index is 12.4. The molecule has 1 aromatic carbocycles. The van der Waals surface area contributed by atoms with Crippen LogP contribution < -0.4 is 10.1 Å². The number of hydrogen-bond donors (Lipinski definition) is 1. The van der Waals surface area contributed by atoms with Gasteiger partial charge in [0.05, 0.1) is 15.6 Å². The Morgan fingerprint density at radius 2 is 2.26 bits per heavy atom. The molecule has 1 aliphatic rings. The van der Waals surface area contributed by atoms with E-state index in [1.54, 1.807) is 0 Å². The number of carbonyl (C=O) groups excluding carboxylic acids is 1. The third-order valence-corrected chi connectivity index (χ3v) is 4.17. The van der Waals surface area contributed by atoms with Gasteiger partial charge >= 0.3 is 0 Å². The Kier molecular flexibility index (Phi) is 3.44. The lowest BCUT2D eigenvalue weighted by atomic mass is 10.0. The molecule has 0 saturated carbocycles. The molecule has 5 heteroatoms. The maximum absolute atomic E-state index is 12.4. The Balaban J connectivity index is 1.87. The standard InChI is InChI=1S/C14H12ClNO2S/c15-13-5-4-9(19-13)8-12(17)10-2-1-3-11-14(10)18-7-6-16-11/h1-5,16H,6-8H2. The van der Waals surface area contributed by atoms with Crippen molar-refractivity contribution in [1.29, 1.82) is 0 Å². The highest BCUT2D eigenvalue weighted by atomic mass is 35.5. The Morgan fingerprint density at radius 1 is 1.37 bits per heavy atom. The second-order valence-corrected chi connectivity index (χ2v) is 6.06. The van der Waals surface area contributed by atoms with Crippen LogP contribution in [0.15, 0.2) is 30.3 Å². The van der Waals surface area contributed by atoms with Crippen molar-refractivity contribution in [2.24, 2.45) is 0 Å². The van der Waals surface area contributed by atoms with E-state index in [1.807, 2.05) is 30.3 Å². The summed E-state index contributed by atoms with van der Waals surface area (Å²) in [6.07, 6.45) is 0.358. The second kappa shape index (κ2) is 5.23. The summed E-state index contributed by atoms with van der Waals surface area (Å²) in [7, 11) is 0. The van der Waals surface area contributed by atoms with Gasteiger partial charge in [-0.3, -0.25) is 4.79 Å². The first-order valence-corrected chi connectivity index (χ1v) is 7.20. The molecular formula is C14H12ClNO2S. The van der Waals surface area contributed by atoms with E-state index < -0.39 is 0 Å². The summed E-state index contributed by atoms with van der Waals surface area (Å²) in [6.45, 7) is 1.35. The Bertz CT molecular complexity index is 624. The molecule has 1 aliphatic heterocycles. The van der Waals surface area contributed by atoms with Gasteiger partial charge in [0, 0.05) is 17.8 Å². The zero-order valence-corrected chi connectivity index (χ0v) is 11.7. The van der Waals surface area contributed by atoms with Gasteiger partial charge in [0.25, 0.3) is 0 Å². The molecule has 0 amide bonds. The lowest BCUT2D eigenvalue weighted by Crippen LogP contribution is -2.20. The van der Waals surface area contributed by atoms with Gasteiger partial charge in [0.15, 0.2) is 11.5 Å². The number of hydrogen-bond acceptors (Lipinski definition) is 4. The number of ether oxygens (including phenoxy) is 1. The number of thiophene rings is 1. The summed E-state index contributed by atoms with van der Waals surface area (Å²) in [5.41, 5.74) is 1.52. The second-order valence-electron chi connectivity index (χ2n) is 4.26. The smallest absolute Gasteiger partial charge is 0.171 e. The molecule has 0 aliphatic carbocycles. The molecule has 3 rings (SSSR count). The number of benzene rings is 1. The molecule has 2 heterocycles. The van der Waals surface area contributed by atoms with E-state index in [2.05, 4.69) is 5.32 Å². The fraction of sp³-hybridized carbons (Fsp3) is 0.214. The van der Waals surface area contributed by atoms with E-state index in [0.717, 1.165) is 17.1 Å². The van der Waals surface area contributed by atoms with Crippen LogP contribution in [0.5, 0.6) is 5.75 Å².